The highest BCUT2D eigenvalue weighted by Gasteiger charge is 2.13. The Bertz CT molecular complexity index is 761. The van der Waals surface area contributed by atoms with Crippen molar-refractivity contribution >= 4 is 28.7 Å². The fourth-order valence-corrected chi connectivity index (χ4v) is 2.98. The Morgan fingerprint density at radius 2 is 2.24 bits per heavy atom. The molecule has 0 aliphatic carbocycles. The van der Waals surface area contributed by atoms with E-state index >= 15 is 0 Å². The largest absolute Gasteiger partial charge is 0.354 e. The van der Waals surface area contributed by atoms with Crippen LogP contribution in [0.25, 0.3) is 11.0 Å². The first kappa shape index (κ1) is 13.9. The van der Waals surface area contributed by atoms with Crippen LogP contribution >= 0.6 is 11.8 Å². The number of rotatable bonds is 5. The molecule has 0 bridgehead atoms. The number of hydrogen-bond donors (Lipinski definition) is 2. The van der Waals surface area contributed by atoms with Gasteiger partial charge in [0.25, 0.3) is 0 Å². The van der Waals surface area contributed by atoms with Crippen LogP contribution in [0.3, 0.4) is 0 Å². The molecule has 7 nitrogen and oxygen atoms in total. The minimum absolute atomic E-state index is 0.620. The quantitative estimate of drug-likeness (QED) is 0.704. The summed E-state index contributed by atoms with van der Waals surface area (Å²) < 4.78 is 1.85. The highest BCUT2D eigenvalue weighted by Crippen LogP contribution is 2.31. The molecule has 2 N–H and O–H groups in total. The van der Waals surface area contributed by atoms with Gasteiger partial charge in [-0.2, -0.15) is 15.2 Å². The van der Waals surface area contributed by atoms with Gasteiger partial charge >= 0.3 is 0 Å². The molecule has 0 aliphatic rings. The van der Waals surface area contributed by atoms with Gasteiger partial charge in [0.2, 0.25) is 5.95 Å². The van der Waals surface area contributed by atoms with Crippen LogP contribution in [0.4, 0.5) is 5.95 Å². The highest BCUT2D eigenvalue weighted by molar-refractivity contribution is 7.99. The number of aromatic nitrogens is 6. The van der Waals surface area contributed by atoms with E-state index in [4.69, 9.17) is 0 Å². The van der Waals surface area contributed by atoms with Gasteiger partial charge in [0, 0.05) is 13.6 Å². The highest BCUT2D eigenvalue weighted by atomic mass is 32.2. The average Bonchev–Trinajstić information content (AvgIpc) is 3.03. The van der Waals surface area contributed by atoms with Crippen molar-refractivity contribution in [1.29, 1.82) is 0 Å². The van der Waals surface area contributed by atoms with Crippen LogP contribution in [0, 0.1) is 6.92 Å². The van der Waals surface area contributed by atoms with Gasteiger partial charge in [-0.1, -0.05) is 6.92 Å². The number of aryl methyl sites for hydroxylation is 2. The van der Waals surface area contributed by atoms with Crippen molar-refractivity contribution in [3.05, 3.63) is 18.0 Å². The minimum atomic E-state index is 0.620. The van der Waals surface area contributed by atoms with Crippen molar-refractivity contribution in [2.24, 2.45) is 7.05 Å². The number of nitrogens with zero attached hydrogens (tertiary/aromatic N) is 5. The summed E-state index contributed by atoms with van der Waals surface area (Å²) in [7, 11) is 1.93. The predicted octanol–water partition coefficient (Wildman–Crippen LogP) is 2.37. The zero-order valence-corrected chi connectivity index (χ0v) is 13.0. The lowest BCUT2D eigenvalue weighted by atomic mass is 10.4. The molecule has 0 spiro atoms. The summed E-state index contributed by atoms with van der Waals surface area (Å²) in [6.07, 6.45) is 2.78. The molecule has 0 saturated carbocycles. The topological polar surface area (TPSA) is 84.3 Å². The number of aromatic amines is 1. The maximum Gasteiger partial charge on any atom is 0.225 e. The van der Waals surface area contributed by atoms with Crippen molar-refractivity contribution in [3.63, 3.8) is 0 Å². The first-order valence-electron chi connectivity index (χ1n) is 6.81. The number of anilines is 1. The van der Waals surface area contributed by atoms with E-state index in [0.29, 0.717) is 5.95 Å². The normalized spacial score (nSPS) is 11.2. The molecule has 21 heavy (non-hydrogen) atoms. The molecular weight excluding hydrogens is 286 g/mol. The van der Waals surface area contributed by atoms with E-state index in [1.54, 1.807) is 18.0 Å². The van der Waals surface area contributed by atoms with Crippen LogP contribution < -0.4 is 5.32 Å². The first-order valence-corrected chi connectivity index (χ1v) is 7.62. The molecule has 0 fully saturated rings. The van der Waals surface area contributed by atoms with E-state index in [-0.39, 0.29) is 0 Å². The zero-order valence-electron chi connectivity index (χ0n) is 12.2. The minimum Gasteiger partial charge on any atom is -0.354 e. The summed E-state index contributed by atoms with van der Waals surface area (Å²) in [6, 6.07) is 2.04. The third-order valence-corrected chi connectivity index (χ3v) is 4.06. The van der Waals surface area contributed by atoms with E-state index in [9.17, 15) is 0 Å². The van der Waals surface area contributed by atoms with Gasteiger partial charge in [-0.3, -0.25) is 9.78 Å². The Kier molecular flexibility index (Phi) is 3.78. The Morgan fingerprint density at radius 3 is 2.95 bits per heavy atom. The molecule has 0 aromatic carbocycles. The average molecular weight is 303 g/mol. The molecule has 0 amide bonds. The standard InChI is InChI=1S/C13H17N7S/c1-4-5-14-13-16-11-9(7-15-18-11)12(17-13)21-10-6-8(2)19-20(10)3/h6-7H,4-5H2,1-3H3,(H2,14,15,16,17,18). The van der Waals surface area contributed by atoms with Gasteiger partial charge in [-0.25, -0.2) is 4.98 Å². The first-order chi connectivity index (χ1) is 10.2. The summed E-state index contributed by atoms with van der Waals surface area (Å²) >= 11 is 1.57. The molecule has 3 aromatic rings. The lowest BCUT2D eigenvalue weighted by Crippen LogP contribution is -2.05. The molecule has 0 aliphatic heterocycles. The van der Waals surface area contributed by atoms with E-state index in [1.165, 1.54) is 0 Å². The maximum absolute atomic E-state index is 4.60. The number of nitrogens with one attached hydrogen (secondary N) is 2. The fourth-order valence-electron chi connectivity index (χ4n) is 1.98. The smallest absolute Gasteiger partial charge is 0.225 e. The van der Waals surface area contributed by atoms with Crippen LogP contribution in [0.5, 0.6) is 0 Å². The third kappa shape index (κ3) is 2.85. The van der Waals surface area contributed by atoms with Gasteiger partial charge in [0.1, 0.15) is 10.1 Å². The fraction of sp³-hybridized carbons (Fsp3) is 0.385. The number of H-pyrrole nitrogens is 1. The van der Waals surface area contributed by atoms with Gasteiger partial charge in [-0.15, -0.1) is 0 Å². The third-order valence-electron chi connectivity index (χ3n) is 2.97. The lowest BCUT2D eigenvalue weighted by Gasteiger charge is -2.06. The van der Waals surface area contributed by atoms with Gasteiger partial charge in [0.15, 0.2) is 5.65 Å². The zero-order chi connectivity index (χ0) is 14.8. The lowest BCUT2D eigenvalue weighted by molar-refractivity contribution is 0.692. The van der Waals surface area contributed by atoms with Crippen molar-refractivity contribution < 1.29 is 0 Å². The van der Waals surface area contributed by atoms with Crippen LogP contribution in [0.1, 0.15) is 19.0 Å². The van der Waals surface area contributed by atoms with Crippen LogP contribution in [0.15, 0.2) is 22.3 Å². The second kappa shape index (κ2) is 5.72. The molecule has 8 heteroatoms. The molecular formula is C13H17N7S. The molecule has 3 aromatic heterocycles. The molecule has 110 valence electrons. The molecule has 3 rings (SSSR count). The van der Waals surface area contributed by atoms with E-state index in [1.807, 2.05) is 24.7 Å². The van der Waals surface area contributed by atoms with Crippen LogP contribution in [0.2, 0.25) is 0 Å². The molecule has 3 heterocycles. The number of hydrogen-bond acceptors (Lipinski definition) is 6. The number of fused-ring (bicyclic) bond motifs is 1. The van der Waals surface area contributed by atoms with Crippen molar-refractivity contribution in [3.8, 4) is 0 Å². The summed E-state index contributed by atoms with van der Waals surface area (Å²) in [5.41, 5.74) is 1.73. The van der Waals surface area contributed by atoms with Crippen molar-refractivity contribution in [2.75, 3.05) is 11.9 Å². The molecule has 0 radical (unpaired) electrons. The van der Waals surface area contributed by atoms with Gasteiger partial charge in [0.05, 0.1) is 17.3 Å². The van der Waals surface area contributed by atoms with Gasteiger partial charge < -0.3 is 5.32 Å². The summed E-state index contributed by atoms with van der Waals surface area (Å²) in [6.45, 7) is 4.93. The molecule has 0 unspecified atom stereocenters. The predicted molar refractivity (Wildman–Crippen MR) is 82.5 cm³/mol. The van der Waals surface area contributed by atoms with E-state index in [0.717, 1.165) is 39.7 Å². The Morgan fingerprint density at radius 1 is 1.38 bits per heavy atom. The SMILES string of the molecule is CCCNc1nc(Sc2cc(C)nn2C)c2cn[nH]c2n1. The Balaban J connectivity index is 1.99. The second-order valence-electron chi connectivity index (χ2n) is 4.76. The summed E-state index contributed by atoms with van der Waals surface area (Å²) in [5, 5.41) is 17.4. The second-order valence-corrected chi connectivity index (χ2v) is 5.77. The Hall–Kier alpha value is -2.09. The van der Waals surface area contributed by atoms with Crippen LogP contribution in [-0.2, 0) is 7.05 Å². The van der Waals surface area contributed by atoms with Crippen molar-refractivity contribution in [1.82, 2.24) is 29.9 Å². The summed E-state index contributed by atoms with van der Waals surface area (Å²) in [5.74, 6) is 0.620. The maximum atomic E-state index is 4.60. The molecule has 0 saturated heterocycles. The molecule has 0 atom stereocenters. The van der Waals surface area contributed by atoms with E-state index < -0.39 is 0 Å². The monoisotopic (exact) mass is 303 g/mol. The van der Waals surface area contributed by atoms with E-state index in [2.05, 4.69) is 37.5 Å². The van der Waals surface area contributed by atoms with Gasteiger partial charge in [-0.05, 0) is 31.2 Å². The van der Waals surface area contributed by atoms with Crippen molar-refractivity contribution in [2.45, 2.75) is 30.3 Å². The Labute approximate surface area is 126 Å². The summed E-state index contributed by atoms with van der Waals surface area (Å²) in [4.78, 5) is 9.02. The van der Waals surface area contributed by atoms with Crippen LogP contribution in [-0.4, -0.2) is 36.5 Å².